The Labute approximate surface area is 325 Å². The maximum atomic E-state index is 5.04. The van der Waals surface area contributed by atoms with Crippen LogP contribution < -0.4 is 0 Å². The van der Waals surface area contributed by atoms with Crippen LogP contribution in [-0.2, 0) is 0 Å². The lowest BCUT2D eigenvalue weighted by Gasteiger charge is -2.14. The first-order valence-corrected chi connectivity index (χ1v) is 19.7. The summed E-state index contributed by atoms with van der Waals surface area (Å²) in [5.74, 6) is 1.94. The van der Waals surface area contributed by atoms with Gasteiger partial charge in [-0.3, -0.25) is 0 Å². The Morgan fingerprint density at radius 2 is 0.750 bits per heavy atom. The summed E-state index contributed by atoms with van der Waals surface area (Å²) in [6, 6.07) is 64.7. The quantitative estimate of drug-likeness (QED) is 0.169. The van der Waals surface area contributed by atoms with E-state index in [0.717, 1.165) is 22.4 Å². The Hall–Kier alpha value is -7.21. The molecule has 12 rings (SSSR count). The molecule has 0 bridgehead atoms. The summed E-state index contributed by atoms with van der Waals surface area (Å²) in [7, 11) is 0. The molecule has 9 aromatic carbocycles. The Kier molecular flexibility index (Phi) is 6.76. The van der Waals surface area contributed by atoms with E-state index in [4.69, 9.17) is 15.0 Å². The van der Waals surface area contributed by atoms with Crippen molar-refractivity contribution in [3.05, 3.63) is 182 Å². The molecule has 56 heavy (non-hydrogen) atoms. The van der Waals surface area contributed by atoms with E-state index in [9.17, 15) is 0 Å². The molecule has 0 radical (unpaired) electrons. The highest BCUT2D eigenvalue weighted by Crippen LogP contribution is 2.51. The van der Waals surface area contributed by atoms with Gasteiger partial charge in [0.15, 0.2) is 17.5 Å². The average Bonchev–Trinajstić information content (AvgIpc) is 3.85. The van der Waals surface area contributed by atoms with E-state index in [1.165, 1.54) is 74.3 Å². The van der Waals surface area contributed by atoms with Gasteiger partial charge in [0.25, 0.3) is 0 Å². The molecule has 0 atom stereocenters. The second-order valence-corrected chi connectivity index (χ2v) is 15.4. The fraction of sp³-hybridized carbons (Fsp3) is 0. The van der Waals surface area contributed by atoms with Crippen LogP contribution in [0.5, 0.6) is 0 Å². The third-order valence-corrected chi connectivity index (χ3v) is 12.4. The summed E-state index contributed by atoms with van der Waals surface area (Å²) in [6.45, 7) is 0. The number of hydrogen-bond donors (Lipinski definition) is 0. The maximum absolute atomic E-state index is 5.04. The molecular formula is C51H30N4S. The Bertz CT molecular complexity index is 3450. The zero-order valence-corrected chi connectivity index (χ0v) is 30.8. The first-order valence-electron chi connectivity index (χ1n) is 18.9. The molecule has 0 unspecified atom stereocenters. The molecule has 0 aliphatic heterocycles. The van der Waals surface area contributed by atoms with Crippen molar-refractivity contribution in [1.82, 2.24) is 19.5 Å². The first-order chi connectivity index (χ1) is 27.8. The normalized spacial score (nSPS) is 11.9. The second kappa shape index (κ2) is 12.2. The van der Waals surface area contributed by atoms with Gasteiger partial charge < -0.3 is 4.57 Å². The number of benzene rings is 9. The van der Waals surface area contributed by atoms with Gasteiger partial charge in [0, 0.05) is 69.5 Å². The molecule has 0 N–H and O–H groups in total. The zero-order chi connectivity index (χ0) is 36.7. The van der Waals surface area contributed by atoms with Crippen LogP contribution >= 0.6 is 11.3 Å². The van der Waals surface area contributed by atoms with Crippen molar-refractivity contribution in [1.29, 1.82) is 0 Å². The van der Waals surface area contributed by atoms with E-state index in [1.807, 2.05) is 72.0 Å². The molecule has 0 aliphatic carbocycles. The third kappa shape index (κ3) is 4.55. The predicted molar refractivity (Wildman–Crippen MR) is 236 cm³/mol. The molecule has 0 fully saturated rings. The topological polar surface area (TPSA) is 43.6 Å². The number of aromatic nitrogens is 4. The highest BCUT2D eigenvalue weighted by Gasteiger charge is 2.25. The summed E-state index contributed by atoms with van der Waals surface area (Å²) in [5, 5.41) is 12.7. The smallest absolute Gasteiger partial charge is 0.164 e. The third-order valence-electron chi connectivity index (χ3n) is 11.2. The Balaban J connectivity index is 1.19. The van der Waals surface area contributed by atoms with E-state index in [-0.39, 0.29) is 0 Å². The van der Waals surface area contributed by atoms with Gasteiger partial charge in [-0.15, -0.1) is 11.3 Å². The molecule has 3 heterocycles. The minimum absolute atomic E-state index is 0.639. The lowest BCUT2D eigenvalue weighted by Crippen LogP contribution is -2.00. The van der Waals surface area contributed by atoms with Crippen LogP contribution in [0, 0.1) is 0 Å². The standard InChI is InChI=1S/C51H30N4S/c1-3-15-31(16-4-1)49-52-50(32-17-5-2-6-18-32)54-51(53-49)33-27-29-34(30-28-33)55-46-38-22-10-8-20-36(38)35-19-7-9-21-37(35)43(46)45-44-41-25-13-14-26-42(41)56-48(44)40-24-12-11-23-39(40)47(45)55/h1-30H. The van der Waals surface area contributed by atoms with Crippen molar-refractivity contribution in [2.75, 3.05) is 0 Å². The van der Waals surface area contributed by atoms with Gasteiger partial charge in [0.1, 0.15) is 0 Å². The molecule has 4 nitrogen and oxygen atoms in total. The lowest BCUT2D eigenvalue weighted by atomic mass is 9.94. The minimum atomic E-state index is 0.639. The van der Waals surface area contributed by atoms with Gasteiger partial charge >= 0.3 is 0 Å². The number of nitrogens with zero attached hydrogens (tertiary/aromatic N) is 4. The van der Waals surface area contributed by atoms with Crippen molar-refractivity contribution >= 4 is 85.6 Å². The maximum Gasteiger partial charge on any atom is 0.164 e. The van der Waals surface area contributed by atoms with Crippen LogP contribution in [0.25, 0.3) is 114 Å². The zero-order valence-electron chi connectivity index (χ0n) is 30.0. The molecule has 12 aromatic rings. The molecule has 0 aliphatic rings. The number of rotatable bonds is 4. The molecule has 3 aromatic heterocycles. The summed E-state index contributed by atoms with van der Waals surface area (Å²) in [4.78, 5) is 15.0. The van der Waals surface area contributed by atoms with Crippen molar-refractivity contribution in [2.45, 2.75) is 0 Å². The van der Waals surface area contributed by atoms with Gasteiger partial charge in [0.05, 0.1) is 11.0 Å². The van der Waals surface area contributed by atoms with E-state index in [0.29, 0.717) is 17.5 Å². The van der Waals surface area contributed by atoms with Crippen LogP contribution in [0.4, 0.5) is 0 Å². The van der Waals surface area contributed by atoms with Crippen molar-refractivity contribution in [2.24, 2.45) is 0 Å². The molecule has 0 spiro atoms. The fourth-order valence-corrected chi connectivity index (χ4v) is 10.0. The summed E-state index contributed by atoms with van der Waals surface area (Å²) in [6.07, 6.45) is 0. The van der Waals surface area contributed by atoms with Crippen LogP contribution in [0.1, 0.15) is 0 Å². The molecule has 260 valence electrons. The molecule has 0 amide bonds. The minimum Gasteiger partial charge on any atom is -0.308 e. The first kappa shape index (κ1) is 31.2. The lowest BCUT2D eigenvalue weighted by molar-refractivity contribution is 1.07. The van der Waals surface area contributed by atoms with Gasteiger partial charge in [-0.25, -0.2) is 15.0 Å². The number of fused-ring (bicyclic) bond motifs is 15. The van der Waals surface area contributed by atoms with Crippen molar-refractivity contribution < 1.29 is 0 Å². The summed E-state index contributed by atoms with van der Waals surface area (Å²) in [5.41, 5.74) is 6.35. The SMILES string of the molecule is c1ccc(-c2nc(-c3ccccc3)nc(-c3ccc(-n4c5c6ccccc6c6ccccc6c5c5c6c7ccccc7sc6c6ccccc6c54)cc3)n2)cc1. The highest BCUT2D eigenvalue weighted by molar-refractivity contribution is 7.27. The fourth-order valence-electron chi connectivity index (χ4n) is 8.77. The average molecular weight is 731 g/mol. The van der Waals surface area contributed by atoms with Crippen molar-refractivity contribution in [3.8, 4) is 39.9 Å². The Morgan fingerprint density at radius 1 is 0.321 bits per heavy atom. The van der Waals surface area contributed by atoms with Crippen LogP contribution in [0.15, 0.2) is 182 Å². The van der Waals surface area contributed by atoms with Crippen molar-refractivity contribution in [3.63, 3.8) is 0 Å². The Morgan fingerprint density at radius 3 is 1.36 bits per heavy atom. The number of hydrogen-bond acceptors (Lipinski definition) is 4. The predicted octanol–water partition coefficient (Wildman–Crippen LogP) is 13.8. The van der Waals surface area contributed by atoms with Gasteiger partial charge in [-0.1, -0.05) is 152 Å². The molecule has 0 saturated heterocycles. The van der Waals surface area contributed by atoms with Gasteiger partial charge in [-0.05, 0) is 46.5 Å². The van der Waals surface area contributed by atoms with E-state index >= 15 is 0 Å². The molecule has 0 saturated carbocycles. The van der Waals surface area contributed by atoms with Crippen LogP contribution in [0.2, 0.25) is 0 Å². The summed E-state index contributed by atoms with van der Waals surface area (Å²) < 4.78 is 5.16. The van der Waals surface area contributed by atoms with Gasteiger partial charge in [-0.2, -0.15) is 0 Å². The van der Waals surface area contributed by atoms with E-state index in [2.05, 4.69) is 126 Å². The van der Waals surface area contributed by atoms with E-state index in [1.54, 1.807) is 0 Å². The largest absolute Gasteiger partial charge is 0.308 e. The van der Waals surface area contributed by atoms with Crippen LogP contribution in [-0.4, -0.2) is 19.5 Å². The summed E-state index contributed by atoms with van der Waals surface area (Å²) >= 11 is 1.90. The molecular weight excluding hydrogens is 701 g/mol. The second-order valence-electron chi connectivity index (χ2n) is 14.3. The highest BCUT2D eigenvalue weighted by atomic mass is 32.1. The number of thiophene rings is 1. The van der Waals surface area contributed by atoms with Crippen LogP contribution in [0.3, 0.4) is 0 Å². The van der Waals surface area contributed by atoms with E-state index < -0.39 is 0 Å². The van der Waals surface area contributed by atoms with Gasteiger partial charge in [0.2, 0.25) is 0 Å². The molecule has 5 heteroatoms. The monoisotopic (exact) mass is 730 g/mol.